The molecule has 1 aliphatic heterocycles. The quantitative estimate of drug-likeness (QED) is 0.0516. The average molecular weight is 960 g/mol. The molecule has 1 aliphatic rings. The molecule has 3 heterocycles. The van der Waals surface area contributed by atoms with Gasteiger partial charge in [0.15, 0.2) is 22.8 Å². The van der Waals surface area contributed by atoms with Crippen molar-refractivity contribution < 1.29 is 105 Å². The highest BCUT2D eigenvalue weighted by Gasteiger charge is 2.50. The largest absolute Gasteiger partial charge is 0.481 e. The van der Waals surface area contributed by atoms with Gasteiger partial charge in [-0.15, -0.1) is 0 Å². The lowest BCUT2D eigenvalue weighted by atomic mass is 9.87. The van der Waals surface area contributed by atoms with E-state index >= 15 is 0 Å². The highest BCUT2D eigenvalue weighted by atomic mass is 32.2. The molecule has 8 atom stereocenters. The van der Waals surface area contributed by atoms with E-state index in [1.54, 1.807) is 0 Å². The van der Waals surface area contributed by atoms with E-state index in [1.165, 1.54) is 27.7 Å². The third-order valence-corrected chi connectivity index (χ3v) is 11.1. The minimum atomic E-state index is -5.56. The summed E-state index contributed by atoms with van der Waals surface area (Å²) < 4.78 is 61.8. The molecule has 2 aromatic rings. The van der Waals surface area contributed by atoms with Crippen LogP contribution in [0.2, 0.25) is 0 Å². The third kappa shape index (κ3) is 20.5. The van der Waals surface area contributed by atoms with Crippen molar-refractivity contribution in [3.05, 3.63) is 12.7 Å². The summed E-state index contributed by atoms with van der Waals surface area (Å²) in [5.74, 6) is -3.10. The molecule has 2 amide bonds. The number of carbonyl (C=O) groups is 5. The van der Waals surface area contributed by atoms with Gasteiger partial charge < -0.3 is 66.2 Å². The van der Waals surface area contributed by atoms with Crippen LogP contribution in [0.1, 0.15) is 47.3 Å². The maximum absolute atomic E-state index is 12.6. The van der Waals surface area contributed by atoms with Gasteiger partial charge >= 0.3 is 29.4 Å². The van der Waals surface area contributed by atoms with Crippen LogP contribution in [0.5, 0.6) is 0 Å². The summed E-state index contributed by atoms with van der Waals surface area (Å²) in [7, 11) is -16.4. The lowest BCUT2D eigenvalue weighted by Gasteiger charge is -2.30. The summed E-state index contributed by atoms with van der Waals surface area (Å²) in [6.45, 7) is 4.18. The van der Waals surface area contributed by atoms with E-state index < -0.39 is 103 Å². The van der Waals surface area contributed by atoms with E-state index in [2.05, 4.69) is 34.4 Å². The van der Waals surface area contributed by atoms with Gasteiger partial charge in [-0.3, -0.25) is 37.3 Å². The number of aliphatic hydroxyl groups excluding tert-OH is 3. The zero-order chi connectivity index (χ0) is 47.1. The van der Waals surface area contributed by atoms with Gasteiger partial charge in [0.1, 0.15) is 42.4 Å². The van der Waals surface area contributed by atoms with Crippen LogP contribution in [-0.2, 0) is 60.3 Å². The smallest absolute Gasteiger partial charge is 0.481 e. The van der Waals surface area contributed by atoms with E-state index in [9.17, 15) is 62.7 Å². The van der Waals surface area contributed by atoms with Crippen LogP contribution >= 0.6 is 35.2 Å². The molecule has 0 saturated carbocycles. The lowest BCUT2D eigenvalue weighted by molar-refractivity contribution is -0.145. The molecule has 0 aromatic carbocycles. The van der Waals surface area contributed by atoms with Crippen LogP contribution in [0.4, 0.5) is 5.82 Å². The van der Waals surface area contributed by atoms with Crippen molar-refractivity contribution in [1.29, 1.82) is 0 Å². The topological polar surface area (TPSA) is 458 Å². The molecule has 348 valence electrons. The zero-order valence-corrected chi connectivity index (χ0v) is 36.3. The number of carboxylic acids is 2. The van der Waals surface area contributed by atoms with Gasteiger partial charge in [-0.2, -0.15) is 4.31 Å². The van der Waals surface area contributed by atoms with Crippen molar-refractivity contribution in [2.45, 2.75) is 77.8 Å². The van der Waals surface area contributed by atoms with Crippen LogP contribution in [0, 0.1) is 5.41 Å². The second kappa shape index (κ2) is 24.3. The van der Waals surface area contributed by atoms with Gasteiger partial charge in [0.2, 0.25) is 11.8 Å². The Morgan fingerprint density at radius 1 is 0.984 bits per heavy atom. The zero-order valence-electron chi connectivity index (χ0n) is 32.8. The molecule has 33 heteroatoms. The van der Waals surface area contributed by atoms with Crippen molar-refractivity contribution in [2.75, 3.05) is 37.8 Å². The fraction of sp³-hybridized carbons (Fsp3) is 0.643. The summed E-state index contributed by atoms with van der Waals surface area (Å²) in [6.07, 6.45) is -8.11. The SMILES string of the molecule is CC(=O)O.CC(=O)SCCNC(=O)CCNC(=O)[C@H](O)C(C)(C)COP(=O)(O)OP(=O)(O)OC[C@H]1O[C@@H](n2cnc3c(N)ncnc32)[C@H](O)[C@@H]1OP(=O)(O)O.CC(O)C(=O)O. The Morgan fingerprint density at radius 2 is 1.56 bits per heavy atom. The van der Waals surface area contributed by atoms with Crippen LogP contribution in [-0.4, -0.2) is 156 Å². The van der Waals surface area contributed by atoms with Crippen LogP contribution in [0.25, 0.3) is 11.2 Å². The summed E-state index contributed by atoms with van der Waals surface area (Å²) in [5, 5.41) is 49.2. The average Bonchev–Trinajstić information content (AvgIpc) is 3.68. The number of aliphatic hydroxyl groups is 3. The Bertz CT molecular complexity index is 1960. The number of carboxylic acid groups (broad SMARTS) is 2. The number of hydrogen-bond donors (Lipinski definition) is 12. The maximum Gasteiger partial charge on any atom is 0.481 e. The second-order valence-electron chi connectivity index (χ2n) is 12.9. The number of fused-ring (bicyclic) bond motifs is 1. The van der Waals surface area contributed by atoms with Crippen LogP contribution < -0.4 is 16.4 Å². The first-order valence-corrected chi connectivity index (χ1v) is 22.5. The minimum absolute atomic E-state index is 0.0310. The Kier molecular flexibility index (Phi) is 22.1. The fourth-order valence-corrected chi connectivity index (χ4v) is 7.65. The minimum Gasteiger partial charge on any atom is -0.481 e. The first-order valence-electron chi connectivity index (χ1n) is 17.0. The number of aromatic nitrogens is 4. The second-order valence-corrected chi connectivity index (χ2v) is 18.5. The Hall–Kier alpha value is -3.54. The van der Waals surface area contributed by atoms with E-state index in [4.69, 9.17) is 39.6 Å². The van der Waals surface area contributed by atoms with Gasteiger partial charge in [0.25, 0.3) is 5.97 Å². The number of ether oxygens (including phenoxy) is 1. The molecule has 0 spiro atoms. The van der Waals surface area contributed by atoms with Gasteiger partial charge in [-0.25, -0.2) is 33.4 Å². The van der Waals surface area contributed by atoms with E-state index in [-0.39, 0.29) is 41.6 Å². The number of carbonyl (C=O) groups excluding carboxylic acids is 3. The Balaban J connectivity index is 0.00000166. The molecule has 0 aliphatic carbocycles. The van der Waals surface area contributed by atoms with Gasteiger partial charge in [-0.1, -0.05) is 25.6 Å². The molecular formula is C28H48N7O22P3S. The highest BCUT2D eigenvalue weighted by molar-refractivity contribution is 8.13. The number of nitrogen functional groups attached to an aromatic ring is 1. The number of imidazole rings is 1. The lowest BCUT2D eigenvalue weighted by Crippen LogP contribution is -2.46. The highest BCUT2D eigenvalue weighted by Crippen LogP contribution is 2.61. The van der Waals surface area contributed by atoms with Crippen LogP contribution in [0.3, 0.4) is 0 Å². The molecule has 29 nitrogen and oxygen atoms in total. The van der Waals surface area contributed by atoms with E-state index in [0.29, 0.717) is 5.75 Å². The van der Waals surface area contributed by atoms with Crippen molar-refractivity contribution in [2.24, 2.45) is 5.41 Å². The molecule has 2 aromatic heterocycles. The molecule has 0 bridgehead atoms. The molecule has 13 N–H and O–H groups in total. The number of thioether (sulfide) groups is 1. The first kappa shape index (κ1) is 55.5. The number of nitrogens with two attached hydrogens (primary N) is 1. The number of rotatable bonds is 20. The molecule has 3 unspecified atom stereocenters. The number of nitrogens with one attached hydrogen (secondary N) is 2. The van der Waals surface area contributed by atoms with Crippen LogP contribution in [0.15, 0.2) is 12.7 Å². The molecule has 61 heavy (non-hydrogen) atoms. The molecule has 0 radical (unpaired) electrons. The number of nitrogens with zero attached hydrogens (tertiary/aromatic N) is 4. The van der Waals surface area contributed by atoms with Crippen molar-refractivity contribution >= 4 is 81.1 Å². The van der Waals surface area contributed by atoms with Gasteiger partial charge in [0, 0.05) is 44.5 Å². The number of phosphoric ester groups is 3. The number of amides is 2. The number of phosphoric acid groups is 3. The van der Waals surface area contributed by atoms with E-state index in [0.717, 1.165) is 35.9 Å². The maximum atomic E-state index is 12.6. The predicted octanol–water partition coefficient (Wildman–Crippen LogP) is -1.77. The monoisotopic (exact) mass is 959 g/mol. The molecule has 3 rings (SSSR count). The number of aliphatic carboxylic acids is 2. The van der Waals surface area contributed by atoms with Crippen molar-refractivity contribution in [3.8, 4) is 0 Å². The normalized spacial score (nSPS) is 20.7. The number of anilines is 1. The molecule has 1 saturated heterocycles. The van der Waals surface area contributed by atoms with Gasteiger partial charge in [0.05, 0.1) is 19.5 Å². The summed E-state index contributed by atoms with van der Waals surface area (Å²) in [5.41, 5.74) is 4.26. The van der Waals surface area contributed by atoms with Gasteiger partial charge in [-0.05, 0) is 6.92 Å². The third-order valence-electron chi connectivity index (χ3n) is 7.16. The fourth-order valence-electron chi connectivity index (χ4n) is 4.32. The van der Waals surface area contributed by atoms with Crippen molar-refractivity contribution in [3.63, 3.8) is 0 Å². The standard InChI is InChI=1S/C23H38N7O17P3S.C3H6O3.C2H4O2/c1-12(31)51-7-6-25-14(32)4-5-26-21(35)18(34)23(2,3)9-44-50(41,42)47-49(39,40)43-8-13-17(46-48(36,37)38)16(33)22(45-13)30-11-29-15-19(24)27-10-28-20(15)30;1-2(4)3(5)6;1-2(3)4/h10-11,13,16-18,22,33-34H,4-9H2,1-3H3,(H,25,32)(H,26,35)(H,39,40)(H,41,42)(H2,24,27,28)(H2,36,37,38);2,4H,1H3,(H,5,6);1H3,(H,3,4)/t13-,16-,17-,18+,22-;;/m1../s1. The number of hydrogen-bond acceptors (Lipinski definition) is 21. The summed E-state index contributed by atoms with van der Waals surface area (Å²) in [6, 6.07) is 0. The molecule has 1 fully saturated rings. The van der Waals surface area contributed by atoms with E-state index in [1.807, 2.05) is 0 Å². The first-order chi connectivity index (χ1) is 27.9. The summed E-state index contributed by atoms with van der Waals surface area (Å²) >= 11 is 1.03. The van der Waals surface area contributed by atoms with Crippen molar-refractivity contribution in [1.82, 2.24) is 30.2 Å². The Labute approximate surface area is 349 Å². The molecular weight excluding hydrogens is 911 g/mol. The Morgan fingerprint density at radius 3 is 2.10 bits per heavy atom. The summed E-state index contributed by atoms with van der Waals surface area (Å²) in [4.78, 5) is 104. The predicted molar refractivity (Wildman–Crippen MR) is 205 cm³/mol.